The fraction of sp³-hybridized carbons (Fsp3) is 0.367. The number of ether oxygens (including phenoxy) is 3. The van der Waals surface area contributed by atoms with Crippen LogP contribution in [0, 0.1) is 0 Å². The number of amidine groups is 1. The van der Waals surface area contributed by atoms with E-state index in [0.29, 0.717) is 28.7 Å². The van der Waals surface area contributed by atoms with Gasteiger partial charge in [0.1, 0.15) is 5.75 Å². The van der Waals surface area contributed by atoms with Crippen molar-refractivity contribution < 1.29 is 23.8 Å². The number of carbonyl (C=O) groups excluding carboxylic acids is 2. The minimum absolute atomic E-state index is 0.0874. The molecule has 3 heterocycles. The Morgan fingerprint density at radius 3 is 2.60 bits per heavy atom. The van der Waals surface area contributed by atoms with Gasteiger partial charge in [-0.05, 0) is 18.4 Å². The second kappa shape index (κ2) is 13.2. The lowest BCUT2D eigenvalue weighted by atomic mass is 9.91. The van der Waals surface area contributed by atoms with Crippen molar-refractivity contribution in [2.24, 2.45) is 4.99 Å². The minimum Gasteiger partial charge on any atom is -0.496 e. The summed E-state index contributed by atoms with van der Waals surface area (Å²) in [6, 6.07) is 16.7. The topological polar surface area (TPSA) is 92.7 Å². The Bertz CT molecular complexity index is 1320. The molecule has 0 bridgehead atoms. The molecular weight excluding hydrogens is 528 g/mol. The zero-order chi connectivity index (χ0) is 27.9. The number of nitrogens with one attached hydrogen (secondary N) is 1. The summed E-state index contributed by atoms with van der Waals surface area (Å²) >= 11 is 1.45. The fourth-order valence-electron chi connectivity index (χ4n) is 5.08. The van der Waals surface area contributed by atoms with E-state index in [-0.39, 0.29) is 18.9 Å². The van der Waals surface area contributed by atoms with E-state index in [2.05, 4.69) is 10.2 Å². The Hall–Kier alpha value is -3.60. The number of esters is 1. The Labute approximate surface area is 238 Å². The molecule has 1 amide bonds. The molecule has 0 aliphatic carbocycles. The number of hydrogen-bond acceptors (Lipinski definition) is 9. The van der Waals surface area contributed by atoms with Crippen LogP contribution < -0.4 is 10.1 Å². The number of nitrogens with zero attached hydrogens (tertiary/aromatic N) is 3. The number of aliphatic imine (C=N–C) groups is 1. The van der Waals surface area contributed by atoms with Crippen LogP contribution in [0.1, 0.15) is 30.5 Å². The predicted molar refractivity (Wildman–Crippen MR) is 156 cm³/mol. The van der Waals surface area contributed by atoms with Gasteiger partial charge in [-0.15, -0.1) is 0 Å². The molecule has 0 aromatic heterocycles. The van der Waals surface area contributed by atoms with Crippen molar-refractivity contribution in [1.29, 1.82) is 0 Å². The number of methoxy groups -OCH3 is 1. The van der Waals surface area contributed by atoms with Crippen LogP contribution in [0.5, 0.6) is 5.75 Å². The maximum Gasteiger partial charge on any atom is 0.338 e. The highest BCUT2D eigenvalue weighted by atomic mass is 32.2. The highest BCUT2D eigenvalue weighted by molar-refractivity contribution is 8.16. The van der Waals surface area contributed by atoms with Crippen LogP contribution in [0.15, 0.2) is 76.3 Å². The Kier molecular flexibility index (Phi) is 9.20. The third kappa shape index (κ3) is 6.09. The van der Waals surface area contributed by atoms with Gasteiger partial charge in [0, 0.05) is 43.0 Å². The lowest BCUT2D eigenvalue weighted by Crippen LogP contribution is -2.42. The van der Waals surface area contributed by atoms with Gasteiger partial charge >= 0.3 is 5.97 Å². The highest BCUT2D eigenvalue weighted by Gasteiger charge is 2.43. The normalized spacial score (nSPS) is 19.1. The molecule has 3 aliphatic rings. The number of fused-ring (bicyclic) bond motifs is 1. The van der Waals surface area contributed by atoms with E-state index in [1.54, 1.807) is 14.0 Å². The average Bonchev–Trinajstić information content (AvgIpc) is 3.39. The van der Waals surface area contributed by atoms with Crippen molar-refractivity contribution in [3.05, 3.63) is 82.4 Å². The zero-order valence-corrected chi connectivity index (χ0v) is 23.6. The molecule has 1 fully saturated rings. The number of amides is 1. The van der Waals surface area contributed by atoms with Crippen LogP contribution in [-0.2, 0) is 19.1 Å². The van der Waals surface area contributed by atoms with Gasteiger partial charge in [-0.25, -0.2) is 9.79 Å². The van der Waals surface area contributed by atoms with Gasteiger partial charge in [-0.3, -0.25) is 9.69 Å². The molecule has 3 aliphatic heterocycles. The van der Waals surface area contributed by atoms with E-state index in [4.69, 9.17) is 19.2 Å². The number of rotatable bonds is 10. The van der Waals surface area contributed by atoms with Crippen LogP contribution in [0.25, 0.3) is 5.70 Å². The lowest BCUT2D eigenvalue weighted by molar-refractivity contribution is -0.139. The quantitative estimate of drug-likeness (QED) is 0.437. The van der Waals surface area contributed by atoms with Gasteiger partial charge < -0.3 is 24.4 Å². The number of morpholine rings is 1. The van der Waals surface area contributed by atoms with Gasteiger partial charge in [0.05, 0.1) is 50.7 Å². The van der Waals surface area contributed by atoms with Crippen molar-refractivity contribution in [3.8, 4) is 5.75 Å². The predicted octanol–water partition coefficient (Wildman–Crippen LogP) is 3.81. The summed E-state index contributed by atoms with van der Waals surface area (Å²) in [5, 5.41) is 5.69. The molecule has 0 unspecified atom stereocenters. The number of benzene rings is 2. The van der Waals surface area contributed by atoms with E-state index in [1.165, 1.54) is 11.8 Å². The highest BCUT2D eigenvalue weighted by Crippen LogP contribution is 2.48. The first kappa shape index (κ1) is 27.9. The average molecular weight is 563 g/mol. The van der Waals surface area contributed by atoms with E-state index < -0.39 is 12.0 Å². The Balaban J connectivity index is 1.48. The van der Waals surface area contributed by atoms with Crippen LogP contribution in [-0.4, -0.2) is 80.0 Å². The molecule has 5 rings (SSSR count). The standard InChI is InChI=1S/C30H34N4O5S/c1-3-39-29(36)26-27(21-9-5-4-6-10-21)32-30-34(28(26)23-11-7-8-12-24(23)37-2)22(20-40-30)19-25(35)31-13-14-33-15-17-38-18-16-33/h4-12,20,28H,3,13-19H2,1-2H3,(H,31,35)/t28-/m0/s1. The molecule has 1 saturated heterocycles. The van der Waals surface area contributed by atoms with Crippen molar-refractivity contribution >= 4 is 34.5 Å². The SMILES string of the molecule is CCOC(=O)C1=C(c2ccccc2)N=C2SC=C(CC(=O)NCCN3CCOCC3)N2[C@H]1c1ccccc1OC. The van der Waals surface area contributed by atoms with Gasteiger partial charge in [0.15, 0.2) is 5.17 Å². The molecule has 0 spiro atoms. The maximum absolute atomic E-state index is 13.6. The first-order chi connectivity index (χ1) is 19.6. The summed E-state index contributed by atoms with van der Waals surface area (Å²) in [4.78, 5) is 35.9. The second-order valence-electron chi connectivity index (χ2n) is 9.47. The first-order valence-electron chi connectivity index (χ1n) is 13.5. The third-order valence-corrected chi connectivity index (χ3v) is 7.87. The van der Waals surface area contributed by atoms with Crippen LogP contribution in [0.3, 0.4) is 0 Å². The Morgan fingerprint density at radius 1 is 1.10 bits per heavy atom. The monoisotopic (exact) mass is 562 g/mol. The molecule has 1 atom stereocenters. The zero-order valence-electron chi connectivity index (χ0n) is 22.8. The summed E-state index contributed by atoms with van der Waals surface area (Å²) in [7, 11) is 1.61. The smallest absolute Gasteiger partial charge is 0.338 e. The molecule has 0 radical (unpaired) electrons. The van der Waals surface area contributed by atoms with Gasteiger partial charge in [0.2, 0.25) is 5.91 Å². The van der Waals surface area contributed by atoms with Crippen molar-refractivity contribution in [3.63, 3.8) is 0 Å². The van der Waals surface area contributed by atoms with Gasteiger partial charge in [0.25, 0.3) is 0 Å². The molecule has 210 valence electrons. The van der Waals surface area contributed by atoms with Crippen molar-refractivity contribution in [2.75, 3.05) is 53.1 Å². The van der Waals surface area contributed by atoms with E-state index >= 15 is 0 Å². The summed E-state index contributed by atoms with van der Waals surface area (Å²) in [5.74, 6) is 0.0936. The van der Waals surface area contributed by atoms with Crippen LogP contribution in [0.4, 0.5) is 0 Å². The summed E-state index contributed by atoms with van der Waals surface area (Å²) in [6.07, 6.45) is 0.150. The molecule has 10 heteroatoms. The van der Waals surface area contributed by atoms with E-state index in [9.17, 15) is 9.59 Å². The summed E-state index contributed by atoms with van der Waals surface area (Å²) in [6.45, 7) is 6.54. The van der Waals surface area contributed by atoms with E-state index in [1.807, 2.05) is 64.9 Å². The third-order valence-electron chi connectivity index (χ3n) is 6.98. The minimum atomic E-state index is -0.597. The van der Waals surface area contributed by atoms with Crippen LogP contribution in [0.2, 0.25) is 0 Å². The van der Waals surface area contributed by atoms with Gasteiger partial charge in [-0.2, -0.15) is 0 Å². The first-order valence-corrected chi connectivity index (χ1v) is 14.4. The van der Waals surface area contributed by atoms with Crippen molar-refractivity contribution in [1.82, 2.24) is 15.1 Å². The molecule has 0 saturated carbocycles. The molecule has 2 aromatic rings. The number of carbonyl (C=O) groups is 2. The molecule has 9 nitrogen and oxygen atoms in total. The lowest BCUT2D eigenvalue weighted by Gasteiger charge is -2.37. The summed E-state index contributed by atoms with van der Waals surface area (Å²) < 4.78 is 16.7. The second-order valence-corrected chi connectivity index (χ2v) is 10.3. The molecule has 1 N–H and O–H groups in total. The number of thioether (sulfide) groups is 1. The summed E-state index contributed by atoms with van der Waals surface area (Å²) in [5.41, 5.74) is 3.32. The van der Waals surface area contributed by atoms with Gasteiger partial charge in [-0.1, -0.05) is 60.3 Å². The number of para-hydroxylation sites is 1. The molecule has 2 aromatic carbocycles. The fourth-order valence-corrected chi connectivity index (χ4v) is 6.00. The maximum atomic E-state index is 13.6. The van der Waals surface area contributed by atoms with Crippen molar-refractivity contribution in [2.45, 2.75) is 19.4 Å². The largest absolute Gasteiger partial charge is 0.496 e. The number of hydrogen-bond donors (Lipinski definition) is 1. The molecular formula is C30H34N4O5S. The van der Waals surface area contributed by atoms with E-state index in [0.717, 1.165) is 49.7 Å². The Morgan fingerprint density at radius 2 is 1.85 bits per heavy atom. The molecule has 40 heavy (non-hydrogen) atoms. The van der Waals surface area contributed by atoms with Crippen LogP contribution >= 0.6 is 11.8 Å².